The SMILES string of the molecule is Cc1ccc(C(=O)NC2(CN)CCCCC2)cc1C. The molecule has 1 saturated carbocycles. The zero-order valence-electron chi connectivity index (χ0n) is 12.0. The Labute approximate surface area is 115 Å². The topological polar surface area (TPSA) is 55.1 Å². The van der Waals surface area contributed by atoms with E-state index >= 15 is 0 Å². The van der Waals surface area contributed by atoms with Crippen LogP contribution in [0.15, 0.2) is 18.2 Å². The minimum Gasteiger partial charge on any atom is -0.345 e. The van der Waals surface area contributed by atoms with Gasteiger partial charge in [0.15, 0.2) is 0 Å². The molecule has 0 spiro atoms. The predicted molar refractivity (Wildman–Crippen MR) is 78.3 cm³/mol. The fourth-order valence-corrected chi connectivity index (χ4v) is 2.80. The molecule has 19 heavy (non-hydrogen) atoms. The third-order valence-electron chi connectivity index (χ3n) is 4.35. The minimum atomic E-state index is -0.186. The van der Waals surface area contributed by atoms with E-state index in [0.717, 1.165) is 36.8 Å². The van der Waals surface area contributed by atoms with Crippen molar-refractivity contribution in [2.75, 3.05) is 6.54 Å². The van der Waals surface area contributed by atoms with Crippen LogP contribution in [0.4, 0.5) is 0 Å². The molecule has 0 saturated heterocycles. The van der Waals surface area contributed by atoms with Crippen LogP contribution in [0.5, 0.6) is 0 Å². The molecule has 0 unspecified atom stereocenters. The lowest BCUT2D eigenvalue weighted by molar-refractivity contribution is 0.0874. The van der Waals surface area contributed by atoms with Gasteiger partial charge in [0.05, 0.1) is 5.54 Å². The molecule has 1 aliphatic carbocycles. The van der Waals surface area contributed by atoms with Gasteiger partial charge in [-0.3, -0.25) is 4.79 Å². The molecule has 3 heteroatoms. The molecule has 3 nitrogen and oxygen atoms in total. The summed E-state index contributed by atoms with van der Waals surface area (Å²) in [4.78, 5) is 12.4. The van der Waals surface area contributed by atoms with Crippen LogP contribution < -0.4 is 11.1 Å². The van der Waals surface area contributed by atoms with Gasteiger partial charge in [0.25, 0.3) is 5.91 Å². The number of hydrogen-bond donors (Lipinski definition) is 2. The Balaban J connectivity index is 2.12. The summed E-state index contributed by atoms with van der Waals surface area (Å²) < 4.78 is 0. The molecule has 0 bridgehead atoms. The van der Waals surface area contributed by atoms with E-state index in [1.807, 2.05) is 25.1 Å². The maximum absolute atomic E-state index is 12.4. The van der Waals surface area contributed by atoms with Crippen molar-refractivity contribution in [1.29, 1.82) is 0 Å². The van der Waals surface area contributed by atoms with E-state index in [2.05, 4.69) is 12.2 Å². The summed E-state index contributed by atoms with van der Waals surface area (Å²) in [5.41, 5.74) is 8.82. The van der Waals surface area contributed by atoms with E-state index in [1.54, 1.807) is 0 Å². The fraction of sp³-hybridized carbons (Fsp3) is 0.562. The number of aryl methyl sites for hydroxylation is 2. The number of carbonyl (C=O) groups is 1. The second-order valence-corrected chi connectivity index (χ2v) is 5.80. The van der Waals surface area contributed by atoms with Crippen LogP contribution >= 0.6 is 0 Å². The molecule has 1 aromatic rings. The van der Waals surface area contributed by atoms with E-state index in [4.69, 9.17) is 5.73 Å². The molecule has 2 rings (SSSR count). The van der Waals surface area contributed by atoms with Crippen molar-refractivity contribution in [3.05, 3.63) is 34.9 Å². The molecule has 0 atom stereocenters. The standard InChI is InChI=1S/C16H24N2O/c1-12-6-7-14(10-13(12)2)15(19)18-16(11-17)8-4-3-5-9-16/h6-7,10H,3-5,8-9,11,17H2,1-2H3,(H,18,19). The van der Waals surface area contributed by atoms with Gasteiger partial charge in [-0.05, 0) is 49.9 Å². The van der Waals surface area contributed by atoms with Gasteiger partial charge >= 0.3 is 0 Å². The molecule has 1 fully saturated rings. The quantitative estimate of drug-likeness (QED) is 0.878. The van der Waals surface area contributed by atoms with Crippen LogP contribution in [0.25, 0.3) is 0 Å². The summed E-state index contributed by atoms with van der Waals surface area (Å²) in [6.45, 7) is 4.62. The smallest absolute Gasteiger partial charge is 0.251 e. The van der Waals surface area contributed by atoms with Crippen LogP contribution in [-0.2, 0) is 0 Å². The highest BCUT2D eigenvalue weighted by Gasteiger charge is 2.32. The molecular formula is C16H24N2O. The van der Waals surface area contributed by atoms with Crippen molar-refractivity contribution in [2.24, 2.45) is 5.73 Å². The van der Waals surface area contributed by atoms with Gasteiger partial charge in [-0.1, -0.05) is 25.3 Å². The Bertz CT molecular complexity index is 462. The van der Waals surface area contributed by atoms with Crippen molar-refractivity contribution in [3.8, 4) is 0 Å². The molecule has 1 aliphatic rings. The molecular weight excluding hydrogens is 236 g/mol. The highest BCUT2D eigenvalue weighted by molar-refractivity contribution is 5.95. The first-order valence-electron chi connectivity index (χ1n) is 7.16. The Hall–Kier alpha value is -1.35. The van der Waals surface area contributed by atoms with Gasteiger partial charge in [0, 0.05) is 12.1 Å². The van der Waals surface area contributed by atoms with E-state index in [1.165, 1.54) is 12.0 Å². The molecule has 1 aromatic carbocycles. The van der Waals surface area contributed by atoms with E-state index in [0.29, 0.717) is 6.54 Å². The molecule has 104 valence electrons. The third-order valence-corrected chi connectivity index (χ3v) is 4.35. The molecule has 0 aliphatic heterocycles. The normalized spacial score (nSPS) is 18.1. The molecule has 0 aromatic heterocycles. The maximum Gasteiger partial charge on any atom is 0.251 e. The van der Waals surface area contributed by atoms with Gasteiger partial charge in [0.1, 0.15) is 0 Å². The largest absolute Gasteiger partial charge is 0.345 e. The molecule has 1 amide bonds. The highest BCUT2D eigenvalue weighted by Crippen LogP contribution is 2.27. The van der Waals surface area contributed by atoms with Gasteiger partial charge in [-0.2, -0.15) is 0 Å². The average Bonchev–Trinajstić information content (AvgIpc) is 2.43. The zero-order chi connectivity index (χ0) is 13.9. The Morgan fingerprint density at radius 1 is 1.21 bits per heavy atom. The van der Waals surface area contributed by atoms with Gasteiger partial charge in [-0.25, -0.2) is 0 Å². The third kappa shape index (κ3) is 3.16. The summed E-state index contributed by atoms with van der Waals surface area (Å²) in [5.74, 6) is 0.00968. The van der Waals surface area contributed by atoms with Crippen molar-refractivity contribution >= 4 is 5.91 Å². The predicted octanol–water partition coefficient (Wildman–Crippen LogP) is 2.69. The number of hydrogen-bond acceptors (Lipinski definition) is 2. The summed E-state index contributed by atoms with van der Waals surface area (Å²) in [6.07, 6.45) is 5.57. The Morgan fingerprint density at radius 3 is 2.47 bits per heavy atom. The van der Waals surface area contributed by atoms with Gasteiger partial charge in [-0.15, -0.1) is 0 Å². The average molecular weight is 260 g/mol. The second-order valence-electron chi connectivity index (χ2n) is 5.80. The summed E-state index contributed by atoms with van der Waals surface area (Å²) in [7, 11) is 0. The van der Waals surface area contributed by atoms with Gasteiger partial charge < -0.3 is 11.1 Å². The van der Waals surface area contributed by atoms with E-state index in [-0.39, 0.29) is 11.4 Å². The lowest BCUT2D eigenvalue weighted by atomic mass is 9.81. The lowest BCUT2D eigenvalue weighted by Gasteiger charge is -2.37. The molecule has 3 N–H and O–H groups in total. The fourth-order valence-electron chi connectivity index (χ4n) is 2.80. The van der Waals surface area contributed by atoms with Crippen LogP contribution in [0.1, 0.15) is 53.6 Å². The van der Waals surface area contributed by atoms with Crippen LogP contribution in [0.3, 0.4) is 0 Å². The van der Waals surface area contributed by atoms with Gasteiger partial charge in [0.2, 0.25) is 0 Å². The summed E-state index contributed by atoms with van der Waals surface area (Å²) in [5, 5.41) is 3.18. The van der Waals surface area contributed by atoms with Crippen LogP contribution in [0.2, 0.25) is 0 Å². The van der Waals surface area contributed by atoms with Crippen LogP contribution in [-0.4, -0.2) is 18.0 Å². The monoisotopic (exact) mass is 260 g/mol. The first-order valence-corrected chi connectivity index (χ1v) is 7.16. The summed E-state index contributed by atoms with van der Waals surface area (Å²) >= 11 is 0. The summed E-state index contributed by atoms with van der Waals surface area (Å²) in [6, 6.07) is 5.85. The van der Waals surface area contributed by atoms with Crippen LogP contribution in [0, 0.1) is 13.8 Å². The van der Waals surface area contributed by atoms with Crippen molar-refractivity contribution in [2.45, 2.75) is 51.5 Å². The Kier molecular flexibility index (Phi) is 4.25. The maximum atomic E-state index is 12.4. The lowest BCUT2D eigenvalue weighted by Crippen LogP contribution is -2.54. The number of amides is 1. The minimum absolute atomic E-state index is 0.00968. The zero-order valence-corrected chi connectivity index (χ0v) is 12.0. The van der Waals surface area contributed by atoms with Crippen molar-refractivity contribution < 1.29 is 4.79 Å². The van der Waals surface area contributed by atoms with Crippen molar-refractivity contribution in [1.82, 2.24) is 5.32 Å². The van der Waals surface area contributed by atoms with E-state index < -0.39 is 0 Å². The highest BCUT2D eigenvalue weighted by atomic mass is 16.1. The first-order chi connectivity index (χ1) is 9.06. The number of nitrogens with one attached hydrogen (secondary N) is 1. The van der Waals surface area contributed by atoms with E-state index in [9.17, 15) is 4.79 Å². The number of benzene rings is 1. The first kappa shape index (κ1) is 14.1. The Morgan fingerprint density at radius 2 is 1.89 bits per heavy atom. The number of rotatable bonds is 3. The molecule has 0 radical (unpaired) electrons. The van der Waals surface area contributed by atoms with Crippen molar-refractivity contribution in [3.63, 3.8) is 0 Å². The molecule has 0 heterocycles. The number of carbonyl (C=O) groups excluding carboxylic acids is 1. The second kappa shape index (κ2) is 5.74. The number of nitrogens with two attached hydrogens (primary N) is 1.